The van der Waals surface area contributed by atoms with E-state index in [-0.39, 0.29) is 5.82 Å². The van der Waals surface area contributed by atoms with E-state index in [4.69, 9.17) is 9.72 Å². The molecule has 2 aromatic carbocycles. The van der Waals surface area contributed by atoms with Crippen LogP contribution in [0.4, 0.5) is 10.1 Å². The smallest absolute Gasteiger partial charge is 0.137 e. The van der Waals surface area contributed by atoms with Crippen LogP contribution in [-0.2, 0) is 6.54 Å². The molecular formula is C26H21FN4OS. The molecule has 0 atom stereocenters. The quantitative estimate of drug-likeness (QED) is 0.316. The van der Waals surface area contributed by atoms with Crippen LogP contribution >= 0.6 is 11.3 Å². The van der Waals surface area contributed by atoms with E-state index in [9.17, 15) is 4.39 Å². The highest BCUT2D eigenvalue weighted by atomic mass is 32.1. The molecule has 5 nitrogen and oxygen atoms in total. The summed E-state index contributed by atoms with van der Waals surface area (Å²) < 4.78 is 20.2. The summed E-state index contributed by atoms with van der Waals surface area (Å²) in [7, 11) is 1.62. The number of hydrogen-bond donors (Lipinski definition) is 1. The maximum Gasteiger partial charge on any atom is 0.137 e. The summed E-state index contributed by atoms with van der Waals surface area (Å²) in [5.41, 5.74) is 8.83. The Labute approximate surface area is 195 Å². The molecule has 5 rings (SSSR count). The van der Waals surface area contributed by atoms with Gasteiger partial charge in [-0.3, -0.25) is 9.97 Å². The Bertz CT molecular complexity index is 1430. The number of thiazole rings is 1. The molecule has 0 saturated heterocycles. The van der Waals surface area contributed by atoms with Gasteiger partial charge >= 0.3 is 0 Å². The molecule has 0 aliphatic rings. The first kappa shape index (κ1) is 21.0. The molecule has 1 N–H and O–H groups in total. The first-order valence-electron chi connectivity index (χ1n) is 10.4. The lowest BCUT2D eigenvalue weighted by Crippen LogP contribution is -2.03. The van der Waals surface area contributed by atoms with E-state index in [1.54, 1.807) is 43.8 Å². The van der Waals surface area contributed by atoms with Crippen LogP contribution in [0.1, 0.15) is 11.3 Å². The first-order valence-corrected chi connectivity index (χ1v) is 11.3. The van der Waals surface area contributed by atoms with Gasteiger partial charge in [0, 0.05) is 11.1 Å². The van der Waals surface area contributed by atoms with Crippen molar-refractivity contribution in [3.8, 4) is 28.1 Å². The van der Waals surface area contributed by atoms with Crippen molar-refractivity contribution in [2.24, 2.45) is 0 Å². The molecule has 5 aromatic rings. The molecule has 0 fully saturated rings. The molecule has 0 bridgehead atoms. The fourth-order valence-electron chi connectivity index (χ4n) is 3.66. The first-order chi connectivity index (χ1) is 16.1. The van der Waals surface area contributed by atoms with Crippen LogP contribution in [0.5, 0.6) is 5.75 Å². The molecule has 0 saturated carbocycles. The molecule has 0 aliphatic carbocycles. The van der Waals surface area contributed by atoms with Gasteiger partial charge in [0.15, 0.2) is 0 Å². The van der Waals surface area contributed by atoms with Crippen LogP contribution in [0, 0.1) is 12.7 Å². The van der Waals surface area contributed by atoms with Crippen molar-refractivity contribution < 1.29 is 9.13 Å². The van der Waals surface area contributed by atoms with Crippen LogP contribution in [0.15, 0.2) is 72.5 Å². The van der Waals surface area contributed by atoms with E-state index in [2.05, 4.69) is 27.4 Å². The predicted octanol–water partition coefficient (Wildman–Crippen LogP) is 6.49. The van der Waals surface area contributed by atoms with Crippen molar-refractivity contribution in [3.63, 3.8) is 0 Å². The fraction of sp³-hybridized carbons (Fsp3) is 0.115. The molecular weight excluding hydrogens is 435 g/mol. The zero-order valence-corrected chi connectivity index (χ0v) is 19.0. The van der Waals surface area contributed by atoms with Gasteiger partial charge in [-0.05, 0) is 66.6 Å². The number of hydrogen-bond acceptors (Lipinski definition) is 6. The molecule has 0 amide bonds. The van der Waals surface area contributed by atoms with Crippen LogP contribution in [-0.4, -0.2) is 22.1 Å². The Morgan fingerprint density at radius 1 is 0.939 bits per heavy atom. The van der Waals surface area contributed by atoms with E-state index in [1.807, 2.05) is 35.8 Å². The summed E-state index contributed by atoms with van der Waals surface area (Å²) in [6.45, 7) is 2.31. The molecule has 164 valence electrons. The van der Waals surface area contributed by atoms with E-state index in [0.717, 1.165) is 49.7 Å². The summed E-state index contributed by atoms with van der Waals surface area (Å²) in [5.74, 6) is 0.497. The minimum Gasteiger partial charge on any atom is -0.495 e. The summed E-state index contributed by atoms with van der Waals surface area (Å²) in [5, 5.41) is 3.40. The van der Waals surface area contributed by atoms with Gasteiger partial charge < -0.3 is 10.1 Å². The van der Waals surface area contributed by atoms with Crippen LogP contribution in [0.3, 0.4) is 0 Å². The van der Waals surface area contributed by atoms with Crippen molar-refractivity contribution in [2.75, 3.05) is 12.4 Å². The number of aromatic nitrogens is 3. The third kappa shape index (κ3) is 4.40. The maximum atomic E-state index is 13.9. The summed E-state index contributed by atoms with van der Waals surface area (Å²) in [4.78, 5) is 13.6. The van der Waals surface area contributed by atoms with Gasteiger partial charge in [0.25, 0.3) is 0 Å². The van der Waals surface area contributed by atoms with Gasteiger partial charge in [-0.25, -0.2) is 9.37 Å². The van der Waals surface area contributed by atoms with Crippen molar-refractivity contribution in [3.05, 3.63) is 89.6 Å². The highest BCUT2D eigenvalue weighted by Gasteiger charge is 2.13. The van der Waals surface area contributed by atoms with Crippen LogP contribution in [0.25, 0.3) is 32.6 Å². The Morgan fingerprint density at radius 3 is 2.61 bits per heavy atom. The second kappa shape index (κ2) is 8.96. The molecule has 7 heteroatoms. The summed E-state index contributed by atoms with van der Waals surface area (Å²) in [6, 6.07) is 17.2. The number of halogens is 1. The largest absolute Gasteiger partial charge is 0.495 e. The minimum atomic E-state index is -0.225. The average molecular weight is 457 g/mol. The van der Waals surface area contributed by atoms with Gasteiger partial charge in [0.05, 0.1) is 58.9 Å². The Hall–Kier alpha value is -3.84. The second-order valence-electron chi connectivity index (χ2n) is 7.66. The highest BCUT2D eigenvalue weighted by molar-refractivity contribution is 7.16. The third-order valence-electron chi connectivity index (χ3n) is 5.47. The molecule has 33 heavy (non-hydrogen) atoms. The zero-order valence-electron chi connectivity index (χ0n) is 18.2. The zero-order chi connectivity index (χ0) is 22.8. The molecule has 3 heterocycles. The number of nitrogens with zero attached hydrogens (tertiary/aromatic N) is 3. The van der Waals surface area contributed by atoms with Gasteiger partial charge in [-0.2, -0.15) is 0 Å². The minimum absolute atomic E-state index is 0.225. The van der Waals surface area contributed by atoms with E-state index < -0.39 is 0 Å². The summed E-state index contributed by atoms with van der Waals surface area (Å²) >= 11 is 1.60. The number of ether oxygens (including phenoxy) is 1. The second-order valence-corrected chi connectivity index (χ2v) is 8.55. The van der Waals surface area contributed by atoms with Gasteiger partial charge in [0.2, 0.25) is 0 Å². The lowest BCUT2D eigenvalue weighted by Gasteiger charge is -2.14. The number of pyridine rings is 2. The number of anilines is 1. The van der Waals surface area contributed by atoms with Crippen molar-refractivity contribution in [1.82, 2.24) is 15.0 Å². The Morgan fingerprint density at radius 2 is 1.82 bits per heavy atom. The predicted molar refractivity (Wildman–Crippen MR) is 131 cm³/mol. The number of benzene rings is 2. The highest BCUT2D eigenvalue weighted by Crippen LogP contribution is 2.35. The maximum absolute atomic E-state index is 13.9. The fourth-order valence-corrected chi connectivity index (χ4v) is 4.37. The monoisotopic (exact) mass is 456 g/mol. The molecule has 3 aromatic heterocycles. The van der Waals surface area contributed by atoms with Gasteiger partial charge in [-0.1, -0.05) is 6.07 Å². The number of fused-ring (bicyclic) bond motifs is 1. The molecule has 0 aliphatic heterocycles. The Kier molecular flexibility index (Phi) is 5.71. The number of aryl methyl sites for hydroxylation is 1. The third-order valence-corrected chi connectivity index (χ3v) is 6.26. The SMILES string of the molecule is COc1ccc(CNc2cnc(-c3ccc(F)c(C)c3)c(-c3ccc4ncsc4c3)c2)nc1. The van der Waals surface area contributed by atoms with Crippen molar-refractivity contribution >= 4 is 27.2 Å². The summed E-state index contributed by atoms with van der Waals surface area (Å²) in [6.07, 6.45) is 3.50. The number of methoxy groups -OCH3 is 1. The van der Waals surface area contributed by atoms with Gasteiger partial charge in [0.1, 0.15) is 11.6 Å². The average Bonchev–Trinajstić information content (AvgIpc) is 3.33. The van der Waals surface area contributed by atoms with Crippen LogP contribution < -0.4 is 10.1 Å². The topological polar surface area (TPSA) is 59.9 Å². The van der Waals surface area contributed by atoms with Gasteiger partial charge in [-0.15, -0.1) is 11.3 Å². The number of nitrogens with one attached hydrogen (secondary N) is 1. The molecule has 0 radical (unpaired) electrons. The number of rotatable bonds is 6. The van der Waals surface area contributed by atoms with E-state index in [1.165, 1.54) is 6.07 Å². The lowest BCUT2D eigenvalue weighted by atomic mass is 9.97. The van der Waals surface area contributed by atoms with Crippen molar-refractivity contribution in [1.29, 1.82) is 0 Å². The van der Waals surface area contributed by atoms with E-state index >= 15 is 0 Å². The van der Waals surface area contributed by atoms with Crippen molar-refractivity contribution in [2.45, 2.75) is 13.5 Å². The normalized spacial score (nSPS) is 11.0. The molecule has 0 unspecified atom stereocenters. The Balaban J connectivity index is 1.53. The van der Waals surface area contributed by atoms with Crippen LogP contribution in [0.2, 0.25) is 0 Å². The molecule has 0 spiro atoms. The standard InChI is InChI=1S/C26H21FN4OS/c1-16-9-18(3-7-23(16)27)26-22(17-4-8-24-25(10-17)33-15-31-24)11-20(13-30-26)28-12-19-5-6-21(32-2)14-29-19/h3-11,13-15,28H,12H2,1-2H3. The lowest BCUT2D eigenvalue weighted by molar-refractivity contribution is 0.412. The van der Waals surface area contributed by atoms with E-state index in [0.29, 0.717) is 12.1 Å².